The lowest BCUT2D eigenvalue weighted by Crippen LogP contribution is -2.08. The van der Waals surface area contributed by atoms with Crippen molar-refractivity contribution in [3.8, 4) is 6.07 Å². The van der Waals surface area contributed by atoms with E-state index in [1.54, 1.807) is 7.05 Å². The second-order valence-corrected chi connectivity index (χ2v) is 2.40. The first kappa shape index (κ1) is 7.07. The third kappa shape index (κ3) is 1.27. The largest absolute Gasteiger partial charge is 0.313 e. The highest BCUT2D eigenvalue weighted by atomic mass is 15.3. The van der Waals surface area contributed by atoms with Crippen LogP contribution < -0.4 is 5.43 Å². The summed E-state index contributed by atoms with van der Waals surface area (Å²) in [6.45, 7) is 0. The molecule has 0 heterocycles. The number of rotatable bonds is 1. The average molecular weight is 137 g/mol. The first-order valence-electron chi connectivity index (χ1n) is 3.51. The standard InChI is InChI=1S/C7H11N3/c1-9-10-7-4-2-3-6(7)5-8/h6,9H,2-4H2,1H3. The molecule has 0 bridgehead atoms. The lowest BCUT2D eigenvalue weighted by molar-refractivity contribution is 0.791. The number of hydrogen-bond donors (Lipinski definition) is 1. The number of nitrogens with one attached hydrogen (secondary N) is 1. The minimum atomic E-state index is 0.0763. The van der Waals surface area contributed by atoms with Crippen LogP contribution >= 0.6 is 0 Å². The monoisotopic (exact) mass is 137 g/mol. The van der Waals surface area contributed by atoms with Crippen molar-refractivity contribution in [2.24, 2.45) is 11.0 Å². The van der Waals surface area contributed by atoms with Crippen molar-refractivity contribution in [3.63, 3.8) is 0 Å². The maximum atomic E-state index is 8.60. The highest BCUT2D eigenvalue weighted by molar-refractivity contribution is 5.90. The van der Waals surface area contributed by atoms with Gasteiger partial charge in [0.25, 0.3) is 0 Å². The van der Waals surface area contributed by atoms with E-state index in [1.807, 2.05) is 0 Å². The van der Waals surface area contributed by atoms with Gasteiger partial charge in [-0.05, 0) is 19.3 Å². The average Bonchev–Trinajstić information content (AvgIpc) is 2.36. The molecule has 3 nitrogen and oxygen atoms in total. The summed E-state index contributed by atoms with van der Waals surface area (Å²) in [5.41, 5.74) is 3.73. The Bertz CT molecular complexity index is 178. The highest BCUT2D eigenvalue weighted by Gasteiger charge is 2.21. The fourth-order valence-electron chi connectivity index (χ4n) is 1.24. The van der Waals surface area contributed by atoms with E-state index in [0.717, 1.165) is 25.0 Å². The minimum absolute atomic E-state index is 0.0763. The van der Waals surface area contributed by atoms with Crippen LogP contribution in [0, 0.1) is 17.2 Å². The van der Waals surface area contributed by atoms with Crippen LogP contribution in [0.15, 0.2) is 5.10 Å². The van der Waals surface area contributed by atoms with Gasteiger partial charge in [0, 0.05) is 7.05 Å². The number of nitrogens with zero attached hydrogens (tertiary/aromatic N) is 2. The summed E-state index contributed by atoms with van der Waals surface area (Å²) in [5.74, 6) is 0.0763. The zero-order valence-corrected chi connectivity index (χ0v) is 6.09. The summed E-state index contributed by atoms with van der Waals surface area (Å²) in [6, 6.07) is 2.23. The smallest absolute Gasteiger partial charge is 0.0863 e. The molecule has 1 atom stereocenters. The molecule has 1 fully saturated rings. The lowest BCUT2D eigenvalue weighted by Gasteiger charge is -1.98. The van der Waals surface area contributed by atoms with Gasteiger partial charge in [-0.1, -0.05) is 0 Å². The molecule has 54 valence electrons. The Morgan fingerprint density at radius 3 is 3.20 bits per heavy atom. The Morgan fingerprint density at radius 1 is 1.80 bits per heavy atom. The molecule has 0 amide bonds. The maximum absolute atomic E-state index is 8.60. The molecule has 1 aliphatic carbocycles. The van der Waals surface area contributed by atoms with Crippen molar-refractivity contribution in [2.75, 3.05) is 7.05 Å². The molecule has 1 unspecified atom stereocenters. The van der Waals surface area contributed by atoms with Crippen molar-refractivity contribution >= 4 is 5.71 Å². The Kier molecular flexibility index (Phi) is 2.27. The summed E-state index contributed by atoms with van der Waals surface area (Å²) in [7, 11) is 1.76. The first-order chi connectivity index (χ1) is 4.88. The van der Waals surface area contributed by atoms with Crippen molar-refractivity contribution < 1.29 is 0 Å². The molecule has 0 aromatic rings. The van der Waals surface area contributed by atoms with E-state index in [1.165, 1.54) is 0 Å². The van der Waals surface area contributed by atoms with Gasteiger partial charge in [-0.15, -0.1) is 0 Å². The number of hydrazone groups is 1. The van der Waals surface area contributed by atoms with Crippen LogP contribution in [0.1, 0.15) is 19.3 Å². The maximum Gasteiger partial charge on any atom is 0.0863 e. The van der Waals surface area contributed by atoms with Crippen LogP contribution in [0.25, 0.3) is 0 Å². The number of nitriles is 1. The third-order valence-electron chi connectivity index (χ3n) is 1.74. The molecule has 10 heavy (non-hydrogen) atoms. The van der Waals surface area contributed by atoms with Crippen molar-refractivity contribution in [2.45, 2.75) is 19.3 Å². The van der Waals surface area contributed by atoms with E-state index >= 15 is 0 Å². The van der Waals surface area contributed by atoms with Crippen LogP contribution in [0.4, 0.5) is 0 Å². The minimum Gasteiger partial charge on any atom is -0.313 e. The molecule has 0 saturated heterocycles. The van der Waals surface area contributed by atoms with E-state index in [2.05, 4.69) is 16.6 Å². The fraction of sp³-hybridized carbons (Fsp3) is 0.714. The highest BCUT2D eigenvalue weighted by Crippen LogP contribution is 2.21. The van der Waals surface area contributed by atoms with Crippen LogP contribution in [-0.2, 0) is 0 Å². The molecule has 0 aromatic carbocycles. The van der Waals surface area contributed by atoms with Crippen LogP contribution in [0.2, 0.25) is 0 Å². The first-order valence-corrected chi connectivity index (χ1v) is 3.51. The number of hydrogen-bond acceptors (Lipinski definition) is 3. The SMILES string of the molecule is CNN=C1CCCC1C#N. The van der Waals surface area contributed by atoms with E-state index in [4.69, 9.17) is 5.26 Å². The second kappa shape index (κ2) is 3.21. The van der Waals surface area contributed by atoms with Gasteiger partial charge in [0.05, 0.1) is 17.7 Å². The molecule has 3 heteroatoms. The molecule has 1 saturated carbocycles. The molecule has 1 aliphatic rings. The lowest BCUT2D eigenvalue weighted by atomic mass is 10.1. The van der Waals surface area contributed by atoms with E-state index in [-0.39, 0.29) is 5.92 Å². The van der Waals surface area contributed by atoms with Crippen LogP contribution in [0.3, 0.4) is 0 Å². The molecule has 1 N–H and O–H groups in total. The summed E-state index contributed by atoms with van der Waals surface area (Å²) >= 11 is 0. The van der Waals surface area contributed by atoms with Gasteiger partial charge in [0.1, 0.15) is 0 Å². The third-order valence-corrected chi connectivity index (χ3v) is 1.74. The topological polar surface area (TPSA) is 48.2 Å². The van der Waals surface area contributed by atoms with Gasteiger partial charge in [0.2, 0.25) is 0 Å². The molecule has 0 spiro atoms. The van der Waals surface area contributed by atoms with Crippen molar-refractivity contribution in [1.82, 2.24) is 5.43 Å². The second-order valence-electron chi connectivity index (χ2n) is 2.40. The zero-order valence-electron chi connectivity index (χ0n) is 6.09. The van der Waals surface area contributed by atoms with Crippen LogP contribution in [-0.4, -0.2) is 12.8 Å². The van der Waals surface area contributed by atoms with Gasteiger partial charge in [-0.3, -0.25) is 0 Å². The summed E-state index contributed by atoms with van der Waals surface area (Å²) in [4.78, 5) is 0. The van der Waals surface area contributed by atoms with Crippen molar-refractivity contribution in [1.29, 1.82) is 5.26 Å². The molecule has 0 aliphatic heterocycles. The molecule has 0 radical (unpaired) electrons. The molecule has 1 rings (SSSR count). The zero-order chi connectivity index (χ0) is 7.40. The molecular formula is C7H11N3. The molecule has 0 aromatic heterocycles. The molecular weight excluding hydrogens is 126 g/mol. The van der Waals surface area contributed by atoms with E-state index in [0.29, 0.717) is 0 Å². The summed E-state index contributed by atoms with van der Waals surface area (Å²) in [6.07, 6.45) is 3.08. The van der Waals surface area contributed by atoms with Crippen LogP contribution in [0.5, 0.6) is 0 Å². The van der Waals surface area contributed by atoms with Gasteiger partial charge < -0.3 is 5.43 Å². The van der Waals surface area contributed by atoms with Gasteiger partial charge in [-0.2, -0.15) is 10.4 Å². The summed E-state index contributed by atoms with van der Waals surface area (Å²) in [5, 5.41) is 12.6. The van der Waals surface area contributed by atoms with Gasteiger partial charge >= 0.3 is 0 Å². The fourth-order valence-corrected chi connectivity index (χ4v) is 1.24. The quantitative estimate of drug-likeness (QED) is 0.545. The van der Waals surface area contributed by atoms with E-state index in [9.17, 15) is 0 Å². The predicted octanol–water partition coefficient (Wildman–Crippen LogP) is 0.885. The Hall–Kier alpha value is -1.04. The van der Waals surface area contributed by atoms with Crippen molar-refractivity contribution in [3.05, 3.63) is 0 Å². The Balaban J connectivity index is 2.60. The Morgan fingerprint density at radius 2 is 2.60 bits per heavy atom. The Labute approximate surface area is 60.7 Å². The summed E-state index contributed by atoms with van der Waals surface area (Å²) < 4.78 is 0. The van der Waals surface area contributed by atoms with Gasteiger partial charge in [0.15, 0.2) is 0 Å². The predicted molar refractivity (Wildman–Crippen MR) is 39.4 cm³/mol. The normalized spacial score (nSPS) is 28.4. The van der Waals surface area contributed by atoms with Gasteiger partial charge in [-0.25, -0.2) is 0 Å². The van der Waals surface area contributed by atoms with E-state index < -0.39 is 0 Å².